The number of halogens is 3. The molecular formula is C13H9F3N4O. The standard InChI is InChI=1S/C13H9F3N4O/c14-13(15,16)10-4-2-9(3-5-10)8-20-12(21)19-7-1-6-17-11(19)18-20/h1-7H,8H2. The Balaban J connectivity index is 1.92. The van der Waals surface area contributed by atoms with E-state index in [1.54, 1.807) is 6.07 Å². The Hall–Kier alpha value is -2.64. The zero-order valence-electron chi connectivity index (χ0n) is 10.6. The summed E-state index contributed by atoms with van der Waals surface area (Å²) in [5, 5.41) is 4.01. The summed E-state index contributed by atoms with van der Waals surface area (Å²) in [5.74, 6) is 0.245. The van der Waals surface area contributed by atoms with Gasteiger partial charge in [-0.1, -0.05) is 12.1 Å². The molecule has 108 valence electrons. The van der Waals surface area contributed by atoms with Crippen LogP contribution in [0.25, 0.3) is 5.78 Å². The van der Waals surface area contributed by atoms with Crippen LogP contribution in [0.5, 0.6) is 0 Å². The van der Waals surface area contributed by atoms with Gasteiger partial charge in [-0.15, -0.1) is 5.10 Å². The normalized spacial score (nSPS) is 12.0. The largest absolute Gasteiger partial charge is 0.416 e. The van der Waals surface area contributed by atoms with Crippen molar-refractivity contribution < 1.29 is 13.2 Å². The summed E-state index contributed by atoms with van der Waals surface area (Å²) in [5.41, 5.74) is -0.568. The molecule has 2 heterocycles. The van der Waals surface area contributed by atoms with Crippen LogP contribution in [-0.2, 0) is 12.7 Å². The second kappa shape index (κ2) is 4.72. The van der Waals surface area contributed by atoms with Crippen LogP contribution < -0.4 is 5.69 Å². The van der Waals surface area contributed by atoms with Crippen molar-refractivity contribution in [2.45, 2.75) is 12.7 Å². The molecule has 0 fully saturated rings. The molecule has 0 aliphatic heterocycles. The first-order valence-electron chi connectivity index (χ1n) is 6.01. The maximum absolute atomic E-state index is 12.5. The van der Waals surface area contributed by atoms with E-state index in [0.717, 1.165) is 16.8 Å². The predicted molar refractivity (Wildman–Crippen MR) is 67.8 cm³/mol. The SMILES string of the molecule is O=c1n(Cc2ccc(C(F)(F)F)cc2)nc2ncccn12. The number of rotatable bonds is 2. The van der Waals surface area contributed by atoms with Crippen molar-refractivity contribution >= 4 is 5.78 Å². The Morgan fingerprint density at radius 2 is 1.86 bits per heavy atom. The fraction of sp³-hybridized carbons (Fsp3) is 0.154. The van der Waals surface area contributed by atoms with Crippen molar-refractivity contribution in [2.75, 3.05) is 0 Å². The molecule has 0 N–H and O–H groups in total. The highest BCUT2D eigenvalue weighted by Gasteiger charge is 2.29. The quantitative estimate of drug-likeness (QED) is 0.726. The molecule has 0 saturated carbocycles. The first kappa shape index (κ1) is 13.3. The fourth-order valence-corrected chi connectivity index (χ4v) is 1.94. The summed E-state index contributed by atoms with van der Waals surface area (Å²) >= 11 is 0. The highest BCUT2D eigenvalue weighted by atomic mass is 19.4. The van der Waals surface area contributed by atoms with Crippen LogP contribution in [0.2, 0.25) is 0 Å². The van der Waals surface area contributed by atoms with Gasteiger partial charge in [0.05, 0.1) is 12.1 Å². The summed E-state index contributed by atoms with van der Waals surface area (Å²) in [4.78, 5) is 15.9. The lowest BCUT2D eigenvalue weighted by molar-refractivity contribution is -0.137. The molecule has 0 saturated heterocycles. The van der Waals surface area contributed by atoms with Crippen LogP contribution in [0.4, 0.5) is 13.2 Å². The number of aromatic nitrogens is 4. The van der Waals surface area contributed by atoms with E-state index in [2.05, 4.69) is 10.1 Å². The van der Waals surface area contributed by atoms with Crippen LogP contribution in [0, 0.1) is 0 Å². The fourth-order valence-electron chi connectivity index (χ4n) is 1.94. The van der Waals surface area contributed by atoms with Crippen LogP contribution >= 0.6 is 0 Å². The molecule has 0 bridgehead atoms. The second-order valence-electron chi connectivity index (χ2n) is 4.42. The summed E-state index contributed by atoms with van der Waals surface area (Å²) in [6.07, 6.45) is -1.34. The lowest BCUT2D eigenvalue weighted by Gasteiger charge is -2.07. The van der Waals surface area contributed by atoms with E-state index in [-0.39, 0.29) is 12.3 Å². The molecule has 0 radical (unpaired) electrons. The Bertz CT molecular complexity index is 833. The van der Waals surface area contributed by atoms with Gasteiger partial charge in [0.1, 0.15) is 0 Å². The molecule has 0 unspecified atom stereocenters. The van der Waals surface area contributed by atoms with Crippen molar-refractivity contribution in [3.8, 4) is 0 Å². The third-order valence-corrected chi connectivity index (χ3v) is 2.98. The van der Waals surface area contributed by atoms with Gasteiger partial charge >= 0.3 is 11.9 Å². The van der Waals surface area contributed by atoms with E-state index in [1.165, 1.54) is 28.9 Å². The van der Waals surface area contributed by atoms with Gasteiger partial charge in [0.15, 0.2) is 0 Å². The molecular weight excluding hydrogens is 285 g/mol. The molecule has 0 amide bonds. The molecule has 3 aromatic rings. The van der Waals surface area contributed by atoms with Gasteiger partial charge in [-0.2, -0.15) is 13.2 Å². The van der Waals surface area contributed by atoms with E-state index in [0.29, 0.717) is 5.56 Å². The van der Waals surface area contributed by atoms with E-state index >= 15 is 0 Å². The van der Waals surface area contributed by atoms with Gasteiger partial charge < -0.3 is 0 Å². The number of hydrogen-bond donors (Lipinski definition) is 0. The monoisotopic (exact) mass is 294 g/mol. The van der Waals surface area contributed by atoms with Crippen molar-refractivity contribution in [1.29, 1.82) is 0 Å². The number of fused-ring (bicyclic) bond motifs is 1. The molecule has 1 aromatic carbocycles. The van der Waals surface area contributed by atoms with Crippen molar-refractivity contribution in [1.82, 2.24) is 19.2 Å². The molecule has 0 atom stereocenters. The van der Waals surface area contributed by atoms with Gasteiger partial charge in [-0.25, -0.2) is 18.9 Å². The van der Waals surface area contributed by atoms with Gasteiger partial charge in [-0.3, -0.25) is 0 Å². The Morgan fingerprint density at radius 1 is 1.14 bits per heavy atom. The third-order valence-electron chi connectivity index (χ3n) is 2.98. The molecule has 0 spiro atoms. The minimum Gasteiger partial charge on any atom is -0.246 e. The maximum Gasteiger partial charge on any atom is 0.416 e. The summed E-state index contributed by atoms with van der Waals surface area (Å²) in [6, 6.07) is 6.21. The third kappa shape index (κ3) is 2.51. The molecule has 8 heteroatoms. The number of nitrogens with zero attached hydrogens (tertiary/aromatic N) is 4. The lowest BCUT2D eigenvalue weighted by Crippen LogP contribution is -2.21. The molecule has 21 heavy (non-hydrogen) atoms. The van der Waals surface area contributed by atoms with Crippen LogP contribution in [-0.4, -0.2) is 19.2 Å². The van der Waals surface area contributed by atoms with Crippen LogP contribution in [0.1, 0.15) is 11.1 Å². The van der Waals surface area contributed by atoms with Gasteiger partial charge in [0.25, 0.3) is 5.78 Å². The Morgan fingerprint density at radius 3 is 2.48 bits per heavy atom. The Kier molecular flexibility index (Phi) is 3.00. The number of hydrogen-bond acceptors (Lipinski definition) is 3. The predicted octanol–water partition coefficient (Wildman–Crippen LogP) is 1.96. The van der Waals surface area contributed by atoms with Crippen molar-refractivity contribution in [3.63, 3.8) is 0 Å². The van der Waals surface area contributed by atoms with Crippen LogP contribution in [0.15, 0.2) is 47.5 Å². The van der Waals surface area contributed by atoms with E-state index in [4.69, 9.17) is 0 Å². The molecule has 5 nitrogen and oxygen atoms in total. The first-order chi connectivity index (χ1) is 9.95. The highest BCUT2D eigenvalue weighted by molar-refractivity contribution is 5.26. The molecule has 2 aromatic heterocycles. The van der Waals surface area contributed by atoms with E-state index in [1.807, 2.05) is 0 Å². The number of benzene rings is 1. The highest BCUT2D eigenvalue weighted by Crippen LogP contribution is 2.29. The van der Waals surface area contributed by atoms with Crippen molar-refractivity contribution in [3.05, 3.63) is 64.3 Å². The number of alkyl halides is 3. The second-order valence-corrected chi connectivity index (χ2v) is 4.42. The summed E-state index contributed by atoms with van der Waals surface area (Å²) in [6.45, 7) is 0.0837. The smallest absolute Gasteiger partial charge is 0.246 e. The van der Waals surface area contributed by atoms with E-state index in [9.17, 15) is 18.0 Å². The zero-order valence-corrected chi connectivity index (χ0v) is 10.6. The maximum atomic E-state index is 12.5. The zero-order chi connectivity index (χ0) is 15.0. The lowest BCUT2D eigenvalue weighted by atomic mass is 10.1. The molecule has 3 rings (SSSR count). The summed E-state index contributed by atoms with van der Waals surface area (Å²) < 4.78 is 39.8. The minimum atomic E-state index is -4.37. The van der Waals surface area contributed by atoms with Gasteiger partial charge in [0.2, 0.25) is 0 Å². The van der Waals surface area contributed by atoms with E-state index < -0.39 is 17.4 Å². The van der Waals surface area contributed by atoms with Crippen molar-refractivity contribution in [2.24, 2.45) is 0 Å². The van der Waals surface area contributed by atoms with Gasteiger partial charge in [-0.05, 0) is 23.8 Å². The summed E-state index contributed by atoms with van der Waals surface area (Å²) in [7, 11) is 0. The minimum absolute atomic E-state index is 0.0837. The average molecular weight is 294 g/mol. The van der Waals surface area contributed by atoms with Crippen LogP contribution in [0.3, 0.4) is 0 Å². The topological polar surface area (TPSA) is 52.2 Å². The molecule has 0 aliphatic carbocycles. The average Bonchev–Trinajstić information content (AvgIpc) is 2.76. The Labute approximate surface area is 116 Å². The first-order valence-corrected chi connectivity index (χ1v) is 6.01. The van der Waals surface area contributed by atoms with Gasteiger partial charge in [0, 0.05) is 12.4 Å². The molecule has 0 aliphatic rings.